The monoisotopic (exact) mass is 374 g/mol. The van der Waals surface area contributed by atoms with Gasteiger partial charge in [0.05, 0.1) is 6.04 Å². The van der Waals surface area contributed by atoms with Crippen molar-refractivity contribution in [3.63, 3.8) is 0 Å². The molecule has 1 aliphatic rings. The van der Waals surface area contributed by atoms with Crippen molar-refractivity contribution in [1.82, 2.24) is 9.88 Å². The van der Waals surface area contributed by atoms with Crippen LogP contribution in [0.5, 0.6) is 0 Å². The molecule has 0 N–H and O–H groups in total. The Morgan fingerprint density at radius 3 is 2.50 bits per heavy atom. The number of likely N-dealkylation sites (tertiary alicyclic amines) is 1. The van der Waals surface area contributed by atoms with Gasteiger partial charge in [0.1, 0.15) is 11.7 Å². The molecule has 4 rings (SSSR count). The van der Waals surface area contributed by atoms with Crippen LogP contribution in [0.3, 0.4) is 0 Å². The fourth-order valence-electron chi connectivity index (χ4n) is 3.59. The van der Waals surface area contributed by atoms with Crippen LogP contribution in [-0.2, 0) is 16.1 Å². The van der Waals surface area contributed by atoms with E-state index in [1.807, 2.05) is 36.4 Å². The SMILES string of the molecule is Cc1ccc(C(=O)C2C(=O)C(=O)N(Cc3cccnc3)C2c2ccccc2)o1. The van der Waals surface area contributed by atoms with E-state index >= 15 is 0 Å². The molecule has 0 aliphatic carbocycles. The lowest BCUT2D eigenvalue weighted by atomic mass is 9.88. The summed E-state index contributed by atoms with van der Waals surface area (Å²) in [6.45, 7) is 1.92. The third-order valence-electron chi connectivity index (χ3n) is 4.89. The lowest BCUT2D eigenvalue weighted by Gasteiger charge is -2.27. The van der Waals surface area contributed by atoms with Crippen molar-refractivity contribution in [1.29, 1.82) is 0 Å². The molecular formula is C22H18N2O4. The van der Waals surface area contributed by atoms with Crippen molar-refractivity contribution in [3.8, 4) is 0 Å². The first-order valence-electron chi connectivity index (χ1n) is 8.95. The Hall–Kier alpha value is -3.54. The van der Waals surface area contributed by atoms with Crippen LogP contribution in [-0.4, -0.2) is 27.4 Å². The van der Waals surface area contributed by atoms with E-state index in [1.165, 1.54) is 4.90 Å². The van der Waals surface area contributed by atoms with Gasteiger partial charge in [0, 0.05) is 18.9 Å². The minimum Gasteiger partial charge on any atom is -0.458 e. The van der Waals surface area contributed by atoms with Crippen LogP contribution in [0.1, 0.15) is 33.5 Å². The van der Waals surface area contributed by atoms with Gasteiger partial charge in [0.2, 0.25) is 11.6 Å². The van der Waals surface area contributed by atoms with E-state index in [1.54, 1.807) is 37.5 Å². The van der Waals surface area contributed by atoms with Gasteiger partial charge in [0.15, 0.2) is 5.76 Å². The zero-order chi connectivity index (χ0) is 19.7. The molecule has 0 saturated carbocycles. The number of nitrogens with zero attached hydrogens (tertiary/aromatic N) is 2. The smallest absolute Gasteiger partial charge is 0.291 e. The second kappa shape index (κ2) is 7.23. The fourth-order valence-corrected chi connectivity index (χ4v) is 3.59. The number of benzene rings is 1. The molecule has 3 aromatic rings. The molecule has 28 heavy (non-hydrogen) atoms. The number of rotatable bonds is 5. The fraction of sp³-hybridized carbons (Fsp3) is 0.182. The maximum atomic E-state index is 13.1. The molecule has 6 heteroatoms. The van der Waals surface area contributed by atoms with Crippen LogP contribution < -0.4 is 0 Å². The number of furan rings is 1. The van der Waals surface area contributed by atoms with Crippen LogP contribution in [0.25, 0.3) is 0 Å². The van der Waals surface area contributed by atoms with Gasteiger partial charge < -0.3 is 9.32 Å². The number of aryl methyl sites for hydroxylation is 1. The molecule has 140 valence electrons. The Labute approximate surface area is 161 Å². The molecule has 0 bridgehead atoms. The van der Waals surface area contributed by atoms with Crippen LogP contribution in [0, 0.1) is 12.8 Å². The Bertz CT molecular complexity index is 1030. The summed E-state index contributed by atoms with van der Waals surface area (Å²) in [6, 6.07) is 15.2. The van der Waals surface area contributed by atoms with E-state index in [9.17, 15) is 14.4 Å². The number of carbonyl (C=O) groups excluding carboxylic acids is 3. The average Bonchev–Trinajstić information content (AvgIpc) is 3.26. The van der Waals surface area contributed by atoms with Crippen LogP contribution in [0.4, 0.5) is 0 Å². The topological polar surface area (TPSA) is 80.5 Å². The van der Waals surface area contributed by atoms with Crippen molar-refractivity contribution in [2.75, 3.05) is 0 Å². The van der Waals surface area contributed by atoms with Crippen LogP contribution in [0.15, 0.2) is 71.4 Å². The van der Waals surface area contributed by atoms with E-state index in [4.69, 9.17) is 4.42 Å². The van der Waals surface area contributed by atoms with Gasteiger partial charge >= 0.3 is 0 Å². The molecule has 1 fully saturated rings. The van der Waals surface area contributed by atoms with Crippen LogP contribution in [0.2, 0.25) is 0 Å². The van der Waals surface area contributed by atoms with Crippen molar-refractivity contribution >= 4 is 17.5 Å². The van der Waals surface area contributed by atoms with Gasteiger partial charge in [-0.2, -0.15) is 0 Å². The van der Waals surface area contributed by atoms with E-state index in [-0.39, 0.29) is 12.3 Å². The molecule has 2 unspecified atom stereocenters. The van der Waals surface area contributed by atoms with Crippen molar-refractivity contribution in [2.24, 2.45) is 5.92 Å². The third-order valence-corrected chi connectivity index (χ3v) is 4.89. The molecule has 1 saturated heterocycles. The zero-order valence-electron chi connectivity index (χ0n) is 15.2. The van der Waals surface area contributed by atoms with Crippen LogP contribution >= 0.6 is 0 Å². The Balaban J connectivity index is 1.77. The van der Waals surface area contributed by atoms with Gasteiger partial charge in [-0.25, -0.2) is 0 Å². The Morgan fingerprint density at radius 2 is 1.86 bits per heavy atom. The number of carbonyl (C=O) groups is 3. The maximum absolute atomic E-state index is 13.1. The highest BCUT2D eigenvalue weighted by atomic mass is 16.3. The zero-order valence-corrected chi connectivity index (χ0v) is 15.2. The number of hydrogen-bond acceptors (Lipinski definition) is 5. The summed E-state index contributed by atoms with van der Waals surface area (Å²) in [6.07, 6.45) is 3.28. The normalized spacial score (nSPS) is 19.2. The maximum Gasteiger partial charge on any atom is 0.291 e. The first-order chi connectivity index (χ1) is 13.6. The number of hydrogen-bond donors (Lipinski definition) is 0. The number of pyridine rings is 1. The van der Waals surface area contributed by atoms with Gasteiger partial charge in [-0.1, -0.05) is 36.4 Å². The average molecular weight is 374 g/mol. The molecule has 3 heterocycles. The molecule has 0 radical (unpaired) electrons. The first-order valence-corrected chi connectivity index (χ1v) is 8.95. The van der Waals surface area contributed by atoms with Gasteiger partial charge in [-0.05, 0) is 36.2 Å². The predicted octanol–water partition coefficient (Wildman–Crippen LogP) is 3.13. The second-order valence-corrected chi connectivity index (χ2v) is 6.77. The Kier molecular flexibility index (Phi) is 4.61. The minimum atomic E-state index is -1.14. The summed E-state index contributed by atoms with van der Waals surface area (Å²) in [5.41, 5.74) is 1.51. The molecule has 0 spiro atoms. The summed E-state index contributed by atoms with van der Waals surface area (Å²) < 4.78 is 5.44. The van der Waals surface area contributed by atoms with E-state index in [0.29, 0.717) is 5.76 Å². The highest BCUT2D eigenvalue weighted by molar-refractivity contribution is 6.43. The summed E-state index contributed by atoms with van der Waals surface area (Å²) in [4.78, 5) is 44.3. The standard InChI is InChI=1S/C22H18N2O4/c1-14-9-10-17(28-14)20(25)18-19(16-7-3-2-4-8-16)24(22(27)21(18)26)13-15-6-5-11-23-12-15/h2-12,18-19H,13H2,1H3. The third kappa shape index (κ3) is 3.13. The van der Waals surface area contributed by atoms with E-state index in [0.717, 1.165) is 11.1 Å². The van der Waals surface area contributed by atoms with E-state index < -0.39 is 29.4 Å². The number of Topliss-reactive ketones (excluding diaryl/α,β-unsaturated/α-hetero) is 2. The second-order valence-electron chi connectivity index (χ2n) is 6.77. The molecule has 6 nitrogen and oxygen atoms in total. The molecule has 1 aliphatic heterocycles. The summed E-state index contributed by atoms with van der Waals surface area (Å²) >= 11 is 0. The molecule has 1 amide bonds. The van der Waals surface area contributed by atoms with Gasteiger partial charge in [-0.15, -0.1) is 0 Å². The Morgan fingerprint density at radius 1 is 1.07 bits per heavy atom. The van der Waals surface area contributed by atoms with Crippen molar-refractivity contribution in [2.45, 2.75) is 19.5 Å². The summed E-state index contributed by atoms with van der Waals surface area (Å²) in [5, 5.41) is 0. The molecular weight excluding hydrogens is 356 g/mol. The predicted molar refractivity (Wildman–Crippen MR) is 100 cm³/mol. The number of ketones is 2. The minimum absolute atomic E-state index is 0.0906. The van der Waals surface area contributed by atoms with Gasteiger partial charge in [0.25, 0.3) is 5.91 Å². The first kappa shape index (κ1) is 17.9. The number of aromatic nitrogens is 1. The highest BCUT2D eigenvalue weighted by Crippen LogP contribution is 2.39. The highest BCUT2D eigenvalue weighted by Gasteiger charge is 2.52. The molecule has 2 aromatic heterocycles. The lowest BCUT2D eigenvalue weighted by Crippen LogP contribution is -2.30. The van der Waals surface area contributed by atoms with Crippen molar-refractivity contribution in [3.05, 3.63) is 89.6 Å². The molecule has 2 atom stereocenters. The van der Waals surface area contributed by atoms with Crippen molar-refractivity contribution < 1.29 is 18.8 Å². The molecule has 1 aromatic carbocycles. The van der Waals surface area contributed by atoms with Gasteiger partial charge in [-0.3, -0.25) is 19.4 Å². The quantitative estimate of drug-likeness (QED) is 0.389. The number of amides is 1. The summed E-state index contributed by atoms with van der Waals surface area (Å²) in [5.74, 6) is -2.33. The lowest BCUT2D eigenvalue weighted by molar-refractivity contribution is -0.141. The van der Waals surface area contributed by atoms with E-state index in [2.05, 4.69) is 4.98 Å². The largest absolute Gasteiger partial charge is 0.458 e. The summed E-state index contributed by atoms with van der Waals surface area (Å²) in [7, 11) is 0.